The Bertz CT molecular complexity index is 1210. The number of oxazole rings is 1. The summed E-state index contributed by atoms with van der Waals surface area (Å²) < 4.78 is 10.8. The monoisotopic (exact) mass is 443 g/mol. The van der Waals surface area contributed by atoms with Gasteiger partial charge in [0.05, 0.1) is 34.2 Å². The van der Waals surface area contributed by atoms with Crippen molar-refractivity contribution in [3.8, 4) is 11.3 Å². The molecule has 0 aliphatic carbocycles. The van der Waals surface area contributed by atoms with Crippen molar-refractivity contribution < 1.29 is 13.9 Å². The van der Waals surface area contributed by atoms with Crippen molar-refractivity contribution in [2.45, 2.75) is 20.0 Å². The van der Waals surface area contributed by atoms with Crippen LogP contribution in [0.4, 0.5) is 16.2 Å². The zero-order valence-corrected chi connectivity index (χ0v) is 18.0. The van der Waals surface area contributed by atoms with Crippen LogP contribution in [0.5, 0.6) is 0 Å². The molecule has 2 amide bonds. The Labute approximate surface area is 181 Å². The van der Waals surface area contributed by atoms with Crippen LogP contribution in [0, 0.1) is 6.92 Å². The predicted octanol–water partition coefficient (Wildman–Crippen LogP) is 5.66. The fourth-order valence-corrected chi connectivity index (χ4v) is 4.10. The Hall–Kier alpha value is -3.01. The lowest BCUT2D eigenvalue weighted by Crippen LogP contribution is -2.21. The summed E-state index contributed by atoms with van der Waals surface area (Å²) in [6.45, 7) is 3.81. The van der Waals surface area contributed by atoms with Crippen LogP contribution < -0.4 is 10.6 Å². The Balaban J connectivity index is 1.57. The van der Waals surface area contributed by atoms with E-state index in [9.17, 15) is 4.79 Å². The highest BCUT2D eigenvalue weighted by molar-refractivity contribution is 7.18. The fraction of sp³-hybridized carbons (Fsp3) is 0.200. The standard InChI is InChI=1S/C20H18ClN5O3S/c1-10(28-3)17-15(7-23-19-18(17)24-11(2)30-19)26-20(27)25-12-4-5-13(14(21)6-12)16-8-22-9-29-16/h4-10H,1-3H3,(H2,25,26,27). The number of carbonyl (C=O) groups excluding carboxylic acids is 1. The molecule has 0 saturated carbocycles. The van der Waals surface area contributed by atoms with Crippen molar-refractivity contribution in [2.24, 2.45) is 0 Å². The van der Waals surface area contributed by atoms with E-state index in [1.54, 1.807) is 37.7 Å². The molecule has 4 aromatic rings. The van der Waals surface area contributed by atoms with Crippen LogP contribution >= 0.6 is 22.9 Å². The maximum absolute atomic E-state index is 12.6. The molecule has 0 aliphatic rings. The van der Waals surface area contributed by atoms with Gasteiger partial charge < -0.3 is 19.8 Å². The van der Waals surface area contributed by atoms with Gasteiger partial charge in [0.2, 0.25) is 0 Å². The molecule has 0 radical (unpaired) electrons. The van der Waals surface area contributed by atoms with Crippen LogP contribution in [-0.2, 0) is 4.74 Å². The number of nitrogens with one attached hydrogen (secondary N) is 2. The number of hydrogen-bond acceptors (Lipinski definition) is 7. The van der Waals surface area contributed by atoms with Crippen molar-refractivity contribution in [1.82, 2.24) is 15.0 Å². The number of nitrogens with zero attached hydrogens (tertiary/aromatic N) is 3. The number of rotatable bonds is 5. The van der Waals surface area contributed by atoms with E-state index in [4.69, 9.17) is 20.8 Å². The molecule has 1 atom stereocenters. The minimum absolute atomic E-state index is 0.275. The molecule has 0 spiro atoms. The number of aromatic nitrogens is 3. The number of benzene rings is 1. The number of urea groups is 1. The molecule has 154 valence electrons. The summed E-state index contributed by atoms with van der Waals surface area (Å²) in [4.78, 5) is 26.3. The number of aryl methyl sites for hydroxylation is 1. The van der Waals surface area contributed by atoms with Crippen molar-refractivity contribution in [3.63, 3.8) is 0 Å². The van der Waals surface area contributed by atoms with Crippen LogP contribution in [-0.4, -0.2) is 28.1 Å². The normalized spacial score (nSPS) is 12.1. The highest BCUT2D eigenvalue weighted by atomic mass is 35.5. The summed E-state index contributed by atoms with van der Waals surface area (Å²) in [6.07, 6.45) is 4.24. The Morgan fingerprint density at radius 1 is 1.30 bits per heavy atom. The molecule has 1 aromatic carbocycles. The van der Waals surface area contributed by atoms with Crippen LogP contribution in [0.2, 0.25) is 5.02 Å². The zero-order chi connectivity index (χ0) is 21.3. The molecule has 0 saturated heterocycles. The van der Waals surface area contributed by atoms with E-state index in [-0.39, 0.29) is 6.10 Å². The second kappa shape index (κ2) is 8.39. The van der Waals surface area contributed by atoms with E-state index >= 15 is 0 Å². The Morgan fingerprint density at radius 3 is 2.83 bits per heavy atom. The predicted molar refractivity (Wildman–Crippen MR) is 117 cm³/mol. The Kier molecular flexibility index (Phi) is 5.67. The lowest BCUT2D eigenvalue weighted by molar-refractivity contribution is 0.121. The molecule has 3 aromatic heterocycles. The van der Waals surface area contributed by atoms with E-state index in [0.717, 1.165) is 20.9 Å². The largest absolute Gasteiger partial charge is 0.443 e. The molecule has 4 rings (SSSR count). The third-order valence-electron chi connectivity index (χ3n) is 4.51. The van der Waals surface area contributed by atoms with Crippen LogP contribution in [0.25, 0.3) is 21.7 Å². The van der Waals surface area contributed by atoms with Gasteiger partial charge in [-0.05, 0) is 32.0 Å². The summed E-state index contributed by atoms with van der Waals surface area (Å²) in [6, 6.07) is 4.69. The van der Waals surface area contributed by atoms with Gasteiger partial charge in [-0.2, -0.15) is 0 Å². The number of fused-ring (bicyclic) bond motifs is 1. The van der Waals surface area contributed by atoms with E-state index in [1.165, 1.54) is 17.7 Å². The minimum atomic E-state index is -0.434. The minimum Gasteiger partial charge on any atom is -0.443 e. The fourth-order valence-electron chi connectivity index (χ4n) is 3.05. The topological polar surface area (TPSA) is 102 Å². The molecule has 1 unspecified atom stereocenters. The van der Waals surface area contributed by atoms with Gasteiger partial charge in [-0.15, -0.1) is 0 Å². The average Bonchev–Trinajstić information content (AvgIpc) is 3.36. The van der Waals surface area contributed by atoms with E-state index < -0.39 is 6.03 Å². The maximum atomic E-state index is 12.6. The van der Waals surface area contributed by atoms with Crippen LogP contribution in [0.1, 0.15) is 23.6 Å². The summed E-state index contributed by atoms with van der Waals surface area (Å²) in [5, 5.41) is 6.94. The highest BCUT2D eigenvalue weighted by Gasteiger charge is 2.20. The summed E-state index contributed by atoms with van der Waals surface area (Å²) in [7, 11) is 1.61. The van der Waals surface area contributed by atoms with Crippen molar-refractivity contribution >= 4 is 50.7 Å². The number of halogens is 1. The van der Waals surface area contributed by atoms with E-state index in [2.05, 4.69) is 25.6 Å². The number of ether oxygens (including phenoxy) is 1. The highest BCUT2D eigenvalue weighted by Crippen LogP contribution is 2.34. The van der Waals surface area contributed by atoms with Crippen LogP contribution in [0.15, 0.2) is 41.4 Å². The third-order valence-corrected chi connectivity index (χ3v) is 5.70. The van der Waals surface area contributed by atoms with Gasteiger partial charge in [-0.25, -0.2) is 19.7 Å². The number of pyridine rings is 1. The number of hydrogen-bond donors (Lipinski definition) is 2. The second-order valence-corrected chi connectivity index (χ2v) is 8.08. The van der Waals surface area contributed by atoms with Crippen molar-refractivity contribution in [1.29, 1.82) is 0 Å². The first-order chi connectivity index (χ1) is 14.5. The van der Waals surface area contributed by atoms with Crippen molar-refractivity contribution in [2.75, 3.05) is 17.7 Å². The van der Waals surface area contributed by atoms with Gasteiger partial charge in [0.15, 0.2) is 12.2 Å². The average molecular weight is 444 g/mol. The quantitative estimate of drug-likeness (QED) is 0.412. The molecule has 2 N–H and O–H groups in total. The maximum Gasteiger partial charge on any atom is 0.323 e. The van der Waals surface area contributed by atoms with Gasteiger partial charge in [-0.1, -0.05) is 22.9 Å². The number of carbonyl (C=O) groups is 1. The number of anilines is 2. The van der Waals surface area contributed by atoms with Crippen LogP contribution in [0.3, 0.4) is 0 Å². The molecule has 8 nitrogen and oxygen atoms in total. The van der Waals surface area contributed by atoms with Gasteiger partial charge in [0.1, 0.15) is 10.3 Å². The number of methoxy groups -OCH3 is 1. The summed E-state index contributed by atoms with van der Waals surface area (Å²) in [5.41, 5.74) is 3.25. The van der Waals surface area contributed by atoms with Gasteiger partial charge >= 0.3 is 6.03 Å². The molecule has 10 heteroatoms. The first-order valence-electron chi connectivity index (χ1n) is 9.01. The molecule has 0 fully saturated rings. The third kappa shape index (κ3) is 4.00. The zero-order valence-electron chi connectivity index (χ0n) is 16.4. The molecular weight excluding hydrogens is 426 g/mol. The van der Waals surface area contributed by atoms with Gasteiger partial charge in [0, 0.05) is 23.9 Å². The molecule has 0 aliphatic heterocycles. The lowest BCUT2D eigenvalue weighted by atomic mass is 10.1. The molecular formula is C20H18ClN5O3S. The van der Waals surface area contributed by atoms with Crippen molar-refractivity contribution in [3.05, 3.63) is 52.6 Å². The van der Waals surface area contributed by atoms with E-state index in [1.807, 2.05) is 13.8 Å². The molecule has 0 bridgehead atoms. The number of amides is 2. The molecule has 3 heterocycles. The number of thiazole rings is 1. The summed E-state index contributed by atoms with van der Waals surface area (Å²) in [5.74, 6) is 0.548. The first kappa shape index (κ1) is 20.3. The second-order valence-electron chi connectivity index (χ2n) is 6.49. The Morgan fingerprint density at radius 2 is 2.13 bits per heavy atom. The summed E-state index contributed by atoms with van der Waals surface area (Å²) >= 11 is 7.82. The smallest absolute Gasteiger partial charge is 0.323 e. The SMILES string of the molecule is COC(C)c1c(NC(=O)Nc2ccc(-c3cnco3)c(Cl)c2)cnc2sc(C)nc12. The van der Waals surface area contributed by atoms with Gasteiger partial charge in [0.25, 0.3) is 0 Å². The van der Waals surface area contributed by atoms with Gasteiger partial charge in [-0.3, -0.25) is 0 Å². The van der Waals surface area contributed by atoms with E-state index in [0.29, 0.717) is 27.7 Å². The first-order valence-corrected chi connectivity index (χ1v) is 10.2. The lowest BCUT2D eigenvalue weighted by Gasteiger charge is -2.16. The molecule has 30 heavy (non-hydrogen) atoms.